The highest BCUT2D eigenvalue weighted by Crippen LogP contribution is 2.26. The molecule has 338 valence electrons. The molecule has 12 nitrogen and oxygen atoms in total. The predicted molar refractivity (Wildman–Crippen MR) is 230 cm³/mol. The SMILES string of the molecule is CC/C=C\C/C=C\C/C=C\CCCCCCCCCC(=O)OC(COCCCCCCCC/C=C\CCCCCC)COC1OC(CO)C(O)C(OS(=O)(=O)O)C1O. The number of allylic oxidation sites excluding steroid dienone is 8. The maximum atomic E-state index is 12.8. The van der Waals surface area contributed by atoms with Crippen molar-refractivity contribution < 1.29 is 56.2 Å². The van der Waals surface area contributed by atoms with Crippen LogP contribution in [0, 0.1) is 0 Å². The summed E-state index contributed by atoms with van der Waals surface area (Å²) >= 11 is 0. The fourth-order valence-electron chi connectivity index (χ4n) is 6.56. The third kappa shape index (κ3) is 30.1. The van der Waals surface area contributed by atoms with Crippen LogP contribution in [0.5, 0.6) is 0 Å². The first kappa shape index (κ1) is 54.1. The maximum Gasteiger partial charge on any atom is 0.397 e. The normalized spacial score (nSPS) is 21.0. The van der Waals surface area contributed by atoms with Crippen LogP contribution >= 0.6 is 0 Å². The largest absolute Gasteiger partial charge is 0.457 e. The Morgan fingerprint density at radius 1 is 0.672 bits per heavy atom. The Hall–Kier alpha value is -1.94. The van der Waals surface area contributed by atoms with Gasteiger partial charge in [-0.1, -0.05) is 140 Å². The van der Waals surface area contributed by atoms with Crippen LogP contribution < -0.4 is 0 Å². The van der Waals surface area contributed by atoms with Gasteiger partial charge in [-0.3, -0.25) is 9.35 Å². The minimum Gasteiger partial charge on any atom is -0.457 e. The molecule has 1 rings (SSSR count). The zero-order valence-corrected chi connectivity index (χ0v) is 36.7. The van der Waals surface area contributed by atoms with Gasteiger partial charge in [0.2, 0.25) is 0 Å². The van der Waals surface area contributed by atoms with Crippen molar-refractivity contribution >= 4 is 16.4 Å². The number of rotatable bonds is 38. The lowest BCUT2D eigenvalue weighted by Crippen LogP contribution is -2.60. The second kappa shape index (κ2) is 36.9. The summed E-state index contributed by atoms with van der Waals surface area (Å²) in [6, 6.07) is 0. The van der Waals surface area contributed by atoms with Gasteiger partial charge in [0.15, 0.2) is 6.29 Å². The topological polar surface area (TPSA) is 178 Å². The molecule has 0 aromatic rings. The third-order valence-electron chi connectivity index (χ3n) is 9.93. The van der Waals surface area contributed by atoms with Gasteiger partial charge in [0.1, 0.15) is 30.5 Å². The van der Waals surface area contributed by atoms with Crippen molar-refractivity contribution in [3.63, 3.8) is 0 Å². The van der Waals surface area contributed by atoms with Gasteiger partial charge in [-0.25, -0.2) is 4.18 Å². The summed E-state index contributed by atoms with van der Waals surface area (Å²) in [4.78, 5) is 12.8. The van der Waals surface area contributed by atoms with Crippen molar-refractivity contribution in [1.82, 2.24) is 0 Å². The number of carbonyl (C=O) groups is 1. The van der Waals surface area contributed by atoms with Gasteiger partial charge in [0.05, 0.1) is 19.8 Å². The van der Waals surface area contributed by atoms with Crippen LogP contribution in [0.2, 0.25) is 0 Å². The fraction of sp³-hybridized carbons (Fsp3) is 0.800. The Kier molecular flexibility index (Phi) is 34.4. The van der Waals surface area contributed by atoms with Gasteiger partial charge < -0.3 is 34.3 Å². The van der Waals surface area contributed by atoms with E-state index in [1.165, 1.54) is 64.2 Å². The summed E-state index contributed by atoms with van der Waals surface area (Å²) in [7, 11) is -5.06. The highest BCUT2D eigenvalue weighted by Gasteiger charge is 2.48. The minimum absolute atomic E-state index is 0.0267. The lowest BCUT2D eigenvalue weighted by atomic mass is 9.99. The van der Waals surface area contributed by atoms with Gasteiger partial charge in [-0.15, -0.1) is 0 Å². The van der Waals surface area contributed by atoms with E-state index in [4.69, 9.17) is 23.5 Å². The van der Waals surface area contributed by atoms with E-state index >= 15 is 0 Å². The van der Waals surface area contributed by atoms with Crippen molar-refractivity contribution in [3.05, 3.63) is 48.6 Å². The molecule has 0 aromatic carbocycles. The van der Waals surface area contributed by atoms with Gasteiger partial charge in [0.25, 0.3) is 0 Å². The number of aliphatic hydroxyl groups excluding tert-OH is 3. The van der Waals surface area contributed by atoms with Crippen molar-refractivity contribution in [1.29, 1.82) is 0 Å². The van der Waals surface area contributed by atoms with E-state index in [1.807, 2.05) is 0 Å². The number of hydrogen-bond acceptors (Lipinski definition) is 11. The van der Waals surface area contributed by atoms with E-state index in [0.29, 0.717) is 13.0 Å². The number of esters is 1. The van der Waals surface area contributed by atoms with Gasteiger partial charge in [-0.2, -0.15) is 8.42 Å². The second-order valence-corrected chi connectivity index (χ2v) is 16.3. The molecule has 1 aliphatic rings. The molecule has 0 saturated carbocycles. The summed E-state index contributed by atoms with van der Waals surface area (Å²) < 4.78 is 59.0. The first-order valence-corrected chi connectivity index (χ1v) is 23.8. The van der Waals surface area contributed by atoms with Crippen LogP contribution in [0.25, 0.3) is 0 Å². The Labute approximate surface area is 351 Å². The first-order valence-electron chi connectivity index (χ1n) is 22.4. The zero-order chi connectivity index (χ0) is 42.5. The monoisotopic (exact) mass is 845 g/mol. The maximum absolute atomic E-state index is 12.8. The summed E-state index contributed by atoms with van der Waals surface area (Å²) in [6.07, 6.45) is 34.2. The molecule has 4 N–H and O–H groups in total. The fourth-order valence-corrected chi connectivity index (χ4v) is 7.07. The molecule has 1 saturated heterocycles. The minimum atomic E-state index is -5.06. The van der Waals surface area contributed by atoms with Crippen LogP contribution in [0.1, 0.15) is 168 Å². The number of carbonyl (C=O) groups excluding carboxylic acids is 1. The summed E-state index contributed by atoms with van der Waals surface area (Å²) in [5, 5.41) is 30.6. The molecule has 0 radical (unpaired) electrons. The number of ether oxygens (including phenoxy) is 4. The highest BCUT2D eigenvalue weighted by atomic mass is 32.3. The van der Waals surface area contributed by atoms with E-state index in [9.17, 15) is 28.5 Å². The molecule has 6 unspecified atom stereocenters. The van der Waals surface area contributed by atoms with Crippen molar-refractivity contribution in [2.45, 2.75) is 205 Å². The molecule has 58 heavy (non-hydrogen) atoms. The van der Waals surface area contributed by atoms with E-state index in [1.54, 1.807) is 0 Å². The molecule has 13 heteroatoms. The standard InChI is InChI=1S/C45H80O12S/c1-3-5-7-9-11-13-15-17-19-20-21-22-24-26-28-30-32-34-41(47)55-39(37-53-35-33-31-29-27-25-23-18-16-14-12-10-8-6-4-2)38-54-45-43(49)44(57-58(50,51)52)42(48)40(36-46)56-45/h5,7,11,13-14,16-17,19,39-40,42-46,48-49H,3-4,6,8-10,12,15,18,20-38H2,1-2H3,(H,50,51,52)/b7-5-,13-11-,16-14-,19-17-. The highest BCUT2D eigenvalue weighted by molar-refractivity contribution is 7.80. The molecule has 0 spiro atoms. The molecular formula is C45H80O12S. The van der Waals surface area contributed by atoms with Crippen LogP contribution in [-0.4, -0.2) is 97.5 Å². The van der Waals surface area contributed by atoms with Crippen LogP contribution in [0.15, 0.2) is 48.6 Å². The molecule has 1 fully saturated rings. The molecule has 0 aromatic heterocycles. The Morgan fingerprint density at radius 2 is 1.19 bits per heavy atom. The quantitative estimate of drug-likeness (QED) is 0.0201. The molecule has 0 bridgehead atoms. The third-order valence-corrected chi connectivity index (χ3v) is 10.4. The molecule has 1 heterocycles. The van der Waals surface area contributed by atoms with Gasteiger partial charge in [0, 0.05) is 13.0 Å². The van der Waals surface area contributed by atoms with Crippen molar-refractivity contribution in [3.8, 4) is 0 Å². The van der Waals surface area contributed by atoms with E-state index in [2.05, 4.69) is 66.6 Å². The van der Waals surface area contributed by atoms with Crippen LogP contribution in [0.3, 0.4) is 0 Å². The van der Waals surface area contributed by atoms with Crippen molar-refractivity contribution in [2.24, 2.45) is 0 Å². The van der Waals surface area contributed by atoms with Crippen LogP contribution in [0.4, 0.5) is 0 Å². The average Bonchev–Trinajstić information content (AvgIpc) is 3.19. The van der Waals surface area contributed by atoms with Crippen molar-refractivity contribution in [2.75, 3.05) is 26.4 Å². The summed E-state index contributed by atoms with van der Waals surface area (Å²) in [6.45, 7) is 3.83. The number of aliphatic hydroxyl groups is 3. The molecule has 1 aliphatic heterocycles. The van der Waals surface area contributed by atoms with E-state index < -0.39 is 59.8 Å². The molecule has 0 amide bonds. The lowest BCUT2D eigenvalue weighted by Gasteiger charge is -2.41. The smallest absolute Gasteiger partial charge is 0.397 e. The van der Waals surface area contributed by atoms with E-state index in [0.717, 1.165) is 77.0 Å². The second-order valence-electron chi connectivity index (χ2n) is 15.3. The zero-order valence-electron chi connectivity index (χ0n) is 35.8. The Bertz CT molecular complexity index is 1200. The van der Waals surface area contributed by atoms with E-state index in [-0.39, 0.29) is 19.6 Å². The molecular weight excluding hydrogens is 765 g/mol. The van der Waals surface area contributed by atoms with Gasteiger partial charge in [-0.05, 0) is 70.6 Å². The van der Waals surface area contributed by atoms with Crippen LogP contribution in [-0.2, 0) is 38.3 Å². The Balaban J connectivity index is 2.45. The predicted octanol–water partition coefficient (Wildman–Crippen LogP) is 9.19. The number of hydrogen-bond donors (Lipinski definition) is 4. The number of unbranched alkanes of at least 4 members (excludes halogenated alkanes) is 17. The lowest BCUT2D eigenvalue weighted by molar-refractivity contribution is -0.301. The average molecular weight is 845 g/mol. The molecule has 6 atom stereocenters. The molecule has 0 aliphatic carbocycles. The first-order chi connectivity index (χ1) is 28.1. The Morgan fingerprint density at radius 3 is 1.76 bits per heavy atom. The summed E-state index contributed by atoms with van der Waals surface area (Å²) in [5.74, 6) is -0.413. The summed E-state index contributed by atoms with van der Waals surface area (Å²) in [5.41, 5.74) is 0. The van der Waals surface area contributed by atoms with Gasteiger partial charge >= 0.3 is 16.4 Å².